The lowest BCUT2D eigenvalue weighted by atomic mass is 10.0. The number of rotatable bonds is 62. The Kier molecular flexibility index (Phi) is 60.3. The van der Waals surface area contributed by atoms with E-state index >= 15 is 0 Å². The molecule has 420 valence electrons. The van der Waals surface area contributed by atoms with Crippen LogP contribution in [0.15, 0.2) is 0 Å². The van der Waals surface area contributed by atoms with Gasteiger partial charge in [0.1, 0.15) is 0 Å². The molecule has 0 saturated carbocycles. The molecule has 0 aliphatic heterocycles. The van der Waals surface area contributed by atoms with Crippen molar-refractivity contribution < 1.29 is 20.1 Å². The lowest BCUT2D eigenvalue weighted by Gasteiger charge is -2.23. The predicted octanol–water partition coefficient (Wildman–Crippen LogP) is 20.9. The van der Waals surface area contributed by atoms with Crippen molar-refractivity contribution in [1.29, 1.82) is 0 Å². The first-order valence-corrected chi connectivity index (χ1v) is 32.8. The van der Waals surface area contributed by atoms with Gasteiger partial charge in [0.15, 0.2) is 0 Å². The highest BCUT2D eigenvalue weighted by Gasteiger charge is 2.21. The van der Waals surface area contributed by atoms with E-state index in [1.165, 1.54) is 327 Å². The minimum absolute atomic E-state index is 0.0439. The van der Waals surface area contributed by atoms with Crippen molar-refractivity contribution in [3.8, 4) is 0 Å². The van der Waals surface area contributed by atoms with Crippen molar-refractivity contribution in [3.63, 3.8) is 0 Å². The molecule has 0 fully saturated rings. The van der Waals surface area contributed by atoms with Crippen LogP contribution in [0.5, 0.6) is 0 Å². The molecule has 0 aromatic heterocycles. The van der Waals surface area contributed by atoms with E-state index in [1.807, 2.05) is 0 Å². The van der Waals surface area contributed by atoms with Crippen LogP contribution < -0.4 is 5.32 Å². The maximum atomic E-state index is 12.6. The van der Waals surface area contributed by atoms with Crippen LogP contribution in [0.4, 0.5) is 0 Å². The molecule has 0 saturated heterocycles. The van der Waals surface area contributed by atoms with Crippen molar-refractivity contribution >= 4 is 5.91 Å². The van der Waals surface area contributed by atoms with Crippen LogP contribution in [0.25, 0.3) is 0 Å². The highest BCUT2D eigenvalue weighted by atomic mass is 16.3. The first-order valence-electron chi connectivity index (χ1n) is 32.8. The molecule has 0 rings (SSSR count). The zero-order valence-electron chi connectivity index (χ0n) is 48.2. The Morgan fingerprint density at radius 2 is 0.486 bits per heavy atom. The third-order valence-electron chi connectivity index (χ3n) is 15.9. The fourth-order valence-electron chi connectivity index (χ4n) is 10.9. The Balaban J connectivity index is 3.44. The van der Waals surface area contributed by atoms with Crippen LogP contribution in [0.3, 0.4) is 0 Å². The predicted molar refractivity (Wildman–Crippen MR) is 310 cm³/mol. The molecular formula is C65H131NO4. The number of carbonyl (C=O) groups is 1. The zero-order valence-corrected chi connectivity index (χ0v) is 48.2. The largest absolute Gasteiger partial charge is 0.394 e. The smallest absolute Gasteiger partial charge is 0.222 e. The molecule has 0 heterocycles. The molecule has 5 nitrogen and oxygen atoms in total. The summed E-state index contributed by atoms with van der Waals surface area (Å²) in [6, 6.07) is -0.655. The highest BCUT2D eigenvalue weighted by Crippen LogP contribution is 2.20. The first kappa shape index (κ1) is 69.3. The van der Waals surface area contributed by atoms with Crippen molar-refractivity contribution in [2.45, 2.75) is 405 Å². The molecule has 0 aromatic rings. The van der Waals surface area contributed by atoms with Crippen molar-refractivity contribution in [2.24, 2.45) is 0 Å². The Hall–Kier alpha value is -0.650. The maximum absolute atomic E-state index is 12.6. The molecule has 0 aromatic carbocycles. The average molecular weight is 991 g/mol. The Morgan fingerprint density at radius 3 is 0.686 bits per heavy atom. The SMILES string of the molecule is CCCCCCCCCCCCCCCCCCCCCCCCCCCCCCCCC(O)CC(=O)NC(CO)C(O)CCCCCCCCCCCCCCCCCCCCCCCCCCC. The van der Waals surface area contributed by atoms with Crippen LogP contribution in [0.2, 0.25) is 0 Å². The summed E-state index contributed by atoms with van der Waals surface area (Å²) in [7, 11) is 0. The molecule has 0 aliphatic rings. The van der Waals surface area contributed by atoms with E-state index < -0.39 is 18.2 Å². The highest BCUT2D eigenvalue weighted by molar-refractivity contribution is 5.76. The number of hydrogen-bond acceptors (Lipinski definition) is 4. The number of nitrogens with one attached hydrogen (secondary N) is 1. The summed E-state index contributed by atoms with van der Waals surface area (Å²) in [6.07, 6.45) is 75.9. The molecule has 0 bridgehead atoms. The molecule has 5 heteroatoms. The van der Waals surface area contributed by atoms with Gasteiger partial charge in [-0.1, -0.05) is 367 Å². The van der Waals surface area contributed by atoms with E-state index in [0.29, 0.717) is 12.8 Å². The Bertz CT molecular complexity index is 960. The summed E-state index contributed by atoms with van der Waals surface area (Å²) in [5.74, 6) is -0.272. The molecule has 70 heavy (non-hydrogen) atoms. The minimum Gasteiger partial charge on any atom is -0.394 e. The van der Waals surface area contributed by atoms with Crippen LogP contribution >= 0.6 is 0 Å². The van der Waals surface area contributed by atoms with Crippen LogP contribution in [0.1, 0.15) is 386 Å². The summed E-state index contributed by atoms with van der Waals surface area (Å²) in [5, 5.41) is 33.8. The Morgan fingerprint density at radius 1 is 0.300 bits per heavy atom. The standard InChI is InChI=1S/C65H131NO4/c1-3-5-7-9-11-13-15-17-19-21-23-25-27-29-30-31-32-33-35-36-38-40-42-44-46-48-50-52-54-56-58-62(68)60-65(70)66-63(61-67)64(69)59-57-55-53-51-49-47-45-43-41-39-37-34-28-26-24-22-20-18-16-14-12-10-8-6-4-2/h62-64,67-69H,3-61H2,1-2H3,(H,66,70). The van der Waals surface area contributed by atoms with Crippen molar-refractivity contribution in [2.75, 3.05) is 6.61 Å². The zero-order chi connectivity index (χ0) is 50.7. The molecule has 0 radical (unpaired) electrons. The summed E-state index contributed by atoms with van der Waals surface area (Å²) >= 11 is 0. The van der Waals surface area contributed by atoms with E-state index in [0.717, 1.165) is 25.7 Å². The van der Waals surface area contributed by atoms with Gasteiger partial charge in [0.05, 0.1) is 31.3 Å². The number of carbonyl (C=O) groups excluding carboxylic acids is 1. The van der Waals surface area contributed by atoms with Gasteiger partial charge in [-0.2, -0.15) is 0 Å². The van der Waals surface area contributed by atoms with E-state index in [9.17, 15) is 20.1 Å². The van der Waals surface area contributed by atoms with Gasteiger partial charge in [-0.05, 0) is 12.8 Å². The number of aliphatic hydroxyl groups excluding tert-OH is 3. The normalized spacial score (nSPS) is 13.0. The second-order valence-electron chi connectivity index (χ2n) is 23.1. The van der Waals surface area contributed by atoms with E-state index in [2.05, 4.69) is 19.2 Å². The topological polar surface area (TPSA) is 89.8 Å². The van der Waals surface area contributed by atoms with E-state index in [4.69, 9.17) is 0 Å². The second kappa shape index (κ2) is 60.9. The second-order valence-corrected chi connectivity index (χ2v) is 23.1. The monoisotopic (exact) mass is 990 g/mol. The number of aliphatic hydroxyl groups is 3. The van der Waals surface area contributed by atoms with Gasteiger partial charge in [-0.25, -0.2) is 0 Å². The van der Waals surface area contributed by atoms with Gasteiger partial charge in [0.2, 0.25) is 5.91 Å². The lowest BCUT2D eigenvalue weighted by molar-refractivity contribution is -0.125. The molecular weight excluding hydrogens is 859 g/mol. The first-order chi connectivity index (χ1) is 34.5. The third kappa shape index (κ3) is 56.6. The van der Waals surface area contributed by atoms with Gasteiger partial charge in [0.25, 0.3) is 0 Å². The fraction of sp³-hybridized carbons (Fsp3) is 0.985. The quantitative estimate of drug-likeness (QED) is 0.0457. The molecule has 0 spiro atoms. The Labute approximate surface area is 440 Å². The van der Waals surface area contributed by atoms with Gasteiger partial charge in [-0.3, -0.25) is 4.79 Å². The van der Waals surface area contributed by atoms with Crippen molar-refractivity contribution in [3.05, 3.63) is 0 Å². The van der Waals surface area contributed by atoms with Gasteiger partial charge >= 0.3 is 0 Å². The van der Waals surface area contributed by atoms with Crippen LogP contribution in [0, 0.1) is 0 Å². The molecule has 3 atom stereocenters. The summed E-state index contributed by atoms with van der Waals surface area (Å²) in [4.78, 5) is 12.6. The number of unbranched alkanes of at least 4 members (excludes halogenated alkanes) is 53. The van der Waals surface area contributed by atoms with Gasteiger partial charge in [-0.15, -0.1) is 0 Å². The van der Waals surface area contributed by atoms with Gasteiger partial charge in [0, 0.05) is 0 Å². The third-order valence-corrected chi connectivity index (χ3v) is 15.9. The van der Waals surface area contributed by atoms with Crippen LogP contribution in [-0.4, -0.2) is 46.1 Å². The molecule has 3 unspecified atom stereocenters. The molecule has 0 aliphatic carbocycles. The van der Waals surface area contributed by atoms with Crippen LogP contribution in [-0.2, 0) is 4.79 Å². The van der Waals surface area contributed by atoms with E-state index in [1.54, 1.807) is 0 Å². The van der Waals surface area contributed by atoms with Gasteiger partial charge < -0.3 is 20.6 Å². The minimum atomic E-state index is -0.746. The van der Waals surface area contributed by atoms with E-state index in [-0.39, 0.29) is 18.9 Å². The number of amides is 1. The average Bonchev–Trinajstić information content (AvgIpc) is 3.36. The maximum Gasteiger partial charge on any atom is 0.222 e. The summed E-state index contributed by atoms with van der Waals surface area (Å²) in [5.41, 5.74) is 0. The lowest BCUT2D eigenvalue weighted by Crippen LogP contribution is -2.46. The van der Waals surface area contributed by atoms with Crippen molar-refractivity contribution in [1.82, 2.24) is 5.32 Å². The fourth-order valence-corrected chi connectivity index (χ4v) is 10.9. The number of hydrogen-bond donors (Lipinski definition) is 4. The molecule has 4 N–H and O–H groups in total. The summed E-state index contributed by atoms with van der Waals surface area (Å²) in [6.45, 7) is 4.32. The summed E-state index contributed by atoms with van der Waals surface area (Å²) < 4.78 is 0. The molecule has 1 amide bonds.